The Balaban J connectivity index is 2.69. The summed E-state index contributed by atoms with van der Waals surface area (Å²) in [5.41, 5.74) is 0.420. The molecular formula is C11H9NO2. The molecule has 1 aromatic carbocycles. The highest BCUT2D eigenvalue weighted by molar-refractivity contribution is 5.96. The topological polar surface area (TPSA) is 50.2 Å². The summed E-state index contributed by atoms with van der Waals surface area (Å²) < 4.78 is 0. The average molecular weight is 187 g/mol. The number of ketones is 1. The van der Waals surface area contributed by atoms with E-state index in [9.17, 15) is 9.90 Å². The first-order chi connectivity index (χ1) is 6.66. The van der Waals surface area contributed by atoms with Gasteiger partial charge >= 0.3 is 0 Å². The fourth-order valence-corrected chi connectivity index (χ4v) is 1.32. The van der Waals surface area contributed by atoms with E-state index in [2.05, 4.69) is 4.98 Å². The predicted octanol–water partition coefficient (Wildman–Crippen LogP) is 2.14. The zero-order valence-electron chi connectivity index (χ0n) is 7.69. The molecule has 1 N–H and O–H groups in total. The van der Waals surface area contributed by atoms with E-state index in [1.165, 1.54) is 6.92 Å². The number of rotatable bonds is 1. The van der Waals surface area contributed by atoms with Crippen molar-refractivity contribution in [2.75, 3.05) is 0 Å². The van der Waals surface area contributed by atoms with Crippen molar-refractivity contribution in [2.24, 2.45) is 0 Å². The molecule has 0 atom stereocenters. The Morgan fingerprint density at radius 1 is 1.29 bits per heavy atom. The van der Waals surface area contributed by atoms with E-state index in [0.717, 1.165) is 10.8 Å². The Morgan fingerprint density at radius 3 is 2.79 bits per heavy atom. The number of carbonyl (C=O) groups is 1. The van der Waals surface area contributed by atoms with Gasteiger partial charge in [-0.2, -0.15) is 0 Å². The Labute approximate surface area is 81.0 Å². The molecule has 70 valence electrons. The minimum atomic E-state index is -0.0738. The van der Waals surface area contributed by atoms with Gasteiger partial charge in [0.05, 0.1) is 0 Å². The third-order valence-corrected chi connectivity index (χ3v) is 2.07. The zero-order chi connectivity index (χ0) is 10.1. The minimum Gasteiger partial charge on any atom is -0.508 e. The lowest BCUT2D eigenvalue weighted by Gasteiger charge is -2.00. The summed E-state index contributed by atoms with van der Waals surface area (Å²) in [5.74, 6) is 0.119. The van der Waals surface area contributed by atoms with Crippen LogP contribution in [0.25, 0.3) is 10.8 Å². The quantitative estimate of drug-likeness (QED) is 0.696. The van der Waals surface area contributed by atoms with Crippen LogP contribution in [0, 0.1) is 0 Å². The summed E-state index contributed by atoms with van der Waals surface area (Å²) in [4.78, 5) is 15.1. The smallest absolute Gasteiger partial charge is 0.178 e. The number of aromatic nitrogens is 1. The predicted molar refractivity (Wildman–Crippen MR) is 53.4 cm³/mol. The van der Waals surface area contributed by atoms with Crippen LogP contribution in [-0.4, -0.2) is 15.9 Å². The molecule has 3 nitrogen and oxygen atoms in total. The van der Waals surface area contributed by atoms with Crippen molar-refractivity contribution in [3.63, 3.8) is 0 Å². The van der Waals surface area contributed by atoms with Gasteiger partial charge in [0.1, 0.15) is 11.4 Å². The number of carbonyl (C=O) groups excluding carboxylic acids is 1. The lowest BCUT2D eigenvalue weighted by atomic mass is 10.1. The van der Waals surface area contributed by atoms with Crippen LogP contribution >= 0.6 is 0 Å². The molecule has 0 fully saturated rings. The maximum atomic E-state index is 11.0. The average Bonchev–Trinajstić information content (AvgIpc) is 2.16. The third-order valence-electron chi connectivity index (χ3n) is 2.07. The molecule has 14 heavy (non-hydrogen) atoms. The molecule has 0 aliphatic carbocycles. The van der Waals surface area contributed by atoms with E-state index >= 15 is 0 Å². The zero-order valence-corrected chi connectivity index (χ0v) is 7.69. The van der Waals surface area contributed by atoms with E-state index < -0.39 is 0 Å². The van der Waals surface area contributed by atoms with Crippen LogP contribution in [-0.2, 0) is 0 Å². The van der Waals surface area contributed by atoms with Gasteiger partial charge in [0.2, 0.25) is 0 Å². The molecule has 0 spiro atoms. The number of nitrogens with zero attached hydrogens (tertiary/aromatic N) is 1. The Hall–Kier alpha value is -1.90. The number of benzene rings is 1. The molecule has 0 amide bonds. The Bertz CT molecular complexity index is 506. The first-order valence-corrected chi connectivity index (χ1v) is 4.26. The maximum Gasteiger partial charge on any atom is 0.178 e. The van der Waals surface area contributed by atoms with Gasteiger partial charge in [-0.05, 0) is 29.7 Å². The Kier molecular flexibility index (Phi) is 1.93. The SMILES string of the molecule is CC(=O)c1cc2cc(O)ccc2cn1. The van der Waals surface area contributed by atoms with Crippen molar-refractivity contribution in [3.05, 3.63) is 36.2 Å². The molecule has 1 aromatic heterocycles. The molecule has 0 bridgehead atoms. The van der Waals surface area contributed by atoms with Crippen LogP contribution in [0.5, 0.6) is 5.75 Å². The van der Waals surface area contributed by atoms with Crippen LogP contribution in [0.1, 0.15) is 17.4 Å². The fourth-order valence-electron chi connectivity index (χ4n) is 1.32. The van der Waals surface area contributed by atoms with Gasteiger partial charge < -0.3 is 5.11 Å². The van der Waals surface area contributed by atoms with E-state index in [0.29, 0.717) is 5.69 Å². The van der Waals surface area contributed by atoms with Crippen molar-refractivity contribution in [1.82, 2.24) is 4.98 Å². The minimum absolute atomic E-state index is 0.0738. The lowest BCUT2D eigenvalue weighted by Crippen LogP contribution is -1.95. The molecule has 0 unspecified atom stereocenters. The van der Waals surface area contributed by atoms with E-state index in [4.69, 9.17) is 0 Å². The van der Waals surface area contributed by atoms with Crippen molar-refractivity contribution in [2.45, 2.75) is 6.92 Å². The number of aromatic hydroxyl groups is 1. The molecule has 3 heteroatoms. The van der Waals surface area contributed by atoms with Gasteiger partial charge in [0, 0.05) is 18.5 Å². The van der Waals surface area contributed by atoms with Crippen molar-refractivity contribution >= 4 is 16.6 Å². The molecule has 2 aromatic rings. The molecule has 1 heterocycles. The number of phenolic OH excluding ortho intramolecular Hbond substituents is 1. The normalized spacial score (nSPS) is 10.4. The van der Waals surface area contributed by atoms with E-state index in [1.807, 2.05) is 0 Å². The molecule has 0 saturated heterocycles. The van der Waals surface area contributed by atoms with Crippen molar-refractivity contribution in [1.29, 1.82) is 0 Å². The van der Waals surface area contributed by atoms with Crippen LogP contribution in [0.3, 0.4) is 0 Å². The highest BCUT2D eigenvalue weighted by Gasteiger charge is 2.02. The van der Waals surface area contributed by atoms with Gasteiger partial charge in [-0.3, -0.25) is 9.78 Å². The van der Waals surface area contributed by atoms with Crippen molar-refractivity contribution < 1.29 is 9.90 Å². The highest BCUT2D eigenvalue weighted by Crippen LogP contribution is 2.19. The standard InChI is InChI=1S/C11H9NO2/c1-7(13)11-5-9-4-10(14)3-2-8(9)6-12-11/h2-6,14H,1H3. The second-order valence-corrected chi connectivity index (χ2v) is 3.16. The molecule has 2 rings (SSSR count). The molecule has 0 aliphatic heterocycles. The summed E-state index contributed by atoms with van der Waals surface area (Å²) in [6.07, 6.45) is 1.63. The maximum absolute atomic E-state index is 11.0. The first-order valence-electron chi connectivity index (χ1n) is 4.26. The molecule has 0 radical (unpaired) electrons. The number of fused-ring (bicyclic) bond motifs is 1. The summed E-state index contributed by atoms with van der Waals surface area (Å²) in [5, 5.41) is 11.0. The second kappa shape index (κ2) is 3.10. The highest BCUT2D eigenvalue weighted by atomic mass is 16.3. The van der Waals surface area contributed by atoms with E-state index in [1.54, 1.807) is 30.5 Å². The van der Waals surface area contributed by atoms with Crippen LogP contribution in [0.2, 0.25) is 0 Å². The summed E-state index contributed by atoms with van der Waals surface area (Å²) in [7, 11) is 0. The third kappa shape index (κ3) is 1.44. The van der Waals surface area contributed by atoms with Gasteiger partial charge in [0.25, 0.3) is 0 Å². The molecular weight excluding hydrogens is 178 g/mol. The number of Topliss-reactive ketones (excluding diaryl/α,β-unsaturated/α-hetero) is 1. The van der Waals surface area contributed by atoms with E-state index in [-0.39, 0.29) is 11.5 Å². The van der Waals surface area contributed by atoms with Gasteiger partial charge in [-0.1, -0.05) is 0 Å². The summed E-state index contributed by atoms with van der Waals surface area (Å²) in [6.45, 7) is 1.47. The van der Waals surface area contributed by atoms with Gasteiger partial charge in [-0.25, -0.2) is 0 Å². The number of pyridine rings is 1. The van der Waals surface area contributed by atoms with Crippen LogP contribution in [0.15, 0.2) is 30.5 Å². The number of hydrogen-bond acceptors (Lipinski definition) is 3. The van der Waals surface area contributed by atoms with Gasteiger partial charge in [0.15, 0.2) is 5.78 Å². The first kappa shape index (κ1) is 8.69. The molecule has 0 aliphatic rings. The van der Waals surface area contributed by atoms with Gasteiger partial charge in [-0.15, -0.1) is 0 Å². The number of hydrogen-bond donors (Lipinski definition) is 1. The lowest BCUT2D eigenvalue weighted by molar-refractivity contribution is 0.101. The monoisotopic (exact) mass is 187 g/mol. The van der Waals surface area contributed by atoms with Crippen LogP contribution in [0.4, 0.5) is 0 Å². The summed E-state index contributed by atoms with van der Waals surface area (Å²) >= 11 is 0. The van der Waals surface area contributed by atoms with Crippen molar-refractivity contribution in [3.8, 4) is 5.75 Å². The summed E-state index contributed by atoms with van der Waals surface area (Å²) in [6, 6.07) is 6.65. The fraction of sp³-hybridized carbons (Fsp3) is 0.0909. The van der Waals surface area contributed by atoms with Crippen LogP contribution < -0.4 is 0 Å². The molecule has 0 saturated carbocycles. The second-order valence-electron chi connectivity index (χ2n) is 3.16. The largest absolute Gasteiger partial charge is 0.508 e. The Morgan fingerprint density at radius 2 is 2.07 bits per heavy atom. The number of phenols is 1.